The lowest BCUT2D eigenvalue weighted by molar-refractivity contribution is -0.0254. The minimum atomic E-state index is -0.754. The second-order valence-electron chi connectivity index (χ2n) is 8.73. The van der Waals surface area contributed by atoms with Gasteiger partial charge in [-0.3, -0.25) is 0 Å². The zero-order valence-corrected chi connectivity index (χ0v) is 18.9. The van der Waals surface area contributed by atoms with E-state index in [0.717, 1.165) is 55.8 Å². The number of likely N-dealkylation sites (tertiary alicyclic amines) is 1. The van der Waals surface area contributed by atoms with Gasteiger partial charge in [-0.1, -0.05) is 72.3 Å². The molecule has 4 heteroatoms. The van der Waals surface area contributed by atoms with E-state index in [0.29, 0.717) is 11.6 Å². The van der Waals surface area contributed by atoms with Gasteiger partial charge in [-0.2, -0.15) is 0 Å². The molecule has 0 unspecified atom stereocenters. The van der Waals surface area contributed by atoms with Crippen LogP contribution in [0.2, 0.25) is 5.02 Å². The summed E-state index contributed by atoms with van der Waals surface area (Å²) in [5.74, 6) is 0.945. The minimum Gasteiger partial charge on any atom is -0.488 e. The third kappa shape index (κ3) is 4.33. The van der Waals surface area contributed by atoms with Crippen molar-refractivity contribution in [3.05, 3.63) is 106 Å². The average molecular weight is 446 g/mol. The number of nitrogens with zero attached hydrogens (tertiary/aromatic N) is 1. The van der Waals surface area contributed by atoms with Crippen LogP contribution in [0, 0.1) is 0 Å². The van der Waals surface area contributed by atoms with Crippen molar-refractivity contribution in [2.24, 2.45) is 0 Å². The average Bonchev–Trinajstić information content (AvgIpc) is 2.98. The van der Waals surface area contributed by atoms with Gasteiger partial charge in [0.15, 0.2) is 0 Å². The second kappa shape index (κ2) is 9.11. The molecule has 1 saturated heterocycles. The first-order valence-electron chi connectivity index (χ1n) is 11.3. The van der Waals surface area contributed by atoms with Crippen LogP contribution in [-0.2, 0) is 12.2 Å². The maximum absolute atomic E-state index is 11.1. The SMILES string of the molecule is OC1(c2ccc(Cl)cc2)CCN(CC/C=C2/c3ccccc3COc3ccccc32)CC1. The van der Waals surface area contributed by atoms with Crippen molar-refractivity contribution in [2.45, 2.75) is 31.5 Å². The van der Waals surface area contributed by atoms with E-state index in [1.165, 1.54) is 16.7 Å². The summed E-state index contributed by atoms with van der Waals surface area (Å²) in [6, 6.07) is 24.4. The Morgan fingerprint density at radius 1 is 0.906 bits per heavy atom. The molecule has 0 atom stereocenters. The highest BCUT2D eigenvalue weighted by atomic mass is 35.5. The molecule has 0 bridgehead atoms. The molecule has 3 nitrogen and oxygen atoms in total. The predicted molar refractivity (Wildman–Crippen MR) is 130 cm³/mol. The van der Waals surface area contributed by atoms with E-state index in [9.17, 15) is 5.11 Å². The van der Waals surface area contributed by atoms with Crippen molar-refractivity contribution in [3.8, 4) is 5.75 Å². The van der Waals surface area contributed by atoms with Crippen molar-refractivity contribution >= 4 is 17.2 Å². The largest absolute Gasteiger partial charge is 0.488 e. The van der Waals surface area contributed by atoms with Crippen LogP contribution in [0.1, 0.15) is 41.5 Å². The molecule has 0 spiro atoms. The minimum absolute atomic E-state index is 0.597. The van der Waals surface area contributed by atoms with E-state index in [-0.39, 0.29) is 0 Å². The normalized spacial score (nSPS) is 19.0. The van der Waals surface area contributed by atoms with Crippen LogP contribution < -0.4 is 4.74 Å². The number of fused-ring (bicyclic) bond motifs is 2. The van der Waals surface area contributed by atoms with Gasteiger partial charge < -0.3 is 14.7 Å². The molecule has 0 aromatic heterocycles. The standard InChI is InChI=1S/C28H28ClNO2/c29-23-13-11-22(12-14-23)28(31)15-18-30(19-16-28)17-5-9-25-24-7-2-1-6-21(24)20-32-27-10-4-3-8-26(25)27/h1-4,6-14,31H,5,15-20H2/b25-9-. The van der Waals surface area contributed by atoms with Crippen molar-refractivity contribution in [3.63, 3.8) is 0 Å². The molecule has 1 N–H and O–H groups in total. The molecule has 0 radical (unpaired) electrons. The van der Waals surface area contributed by atoms with Gasteiger partial charge in [0.25, 0.3) is 0 Å². The van der Waals surface area contributed by atoms with Crippen LogP contribution in [-0.4, -0.2) is 29.6 Å². The number of hydrogen-bond acceptors (Lipinski definition) is 3. The monoisotopic (exact) mass is 445 g/mol. The van der Waals surface area contributed by atoms with E-state index in [1.54, 1.807) is 0 Å². The van der Waals surface area contributed by atoms with E-state index in [2.05, 4.69) is 53.4 Å². The van der Waals surface area contributed by atoms with Crippen LogP contribution in [0.3, 0.4) is 0 Å². The molecule has 2 aliphatic heterocycles. The summed E-state index contributed by atoms with van der Waals surface area (Å²) < 4.78 is 6.09. The predicted octanol–water partition coefficient (Wildman–Crippen LogP) is 6.04. The fraction of sp³-hybridized carbons (Fsp3) is 0.286. The number of benzene rings is 3. The Balaban J connectivity index is 1.28. The van der Waals surface area contributed by atoms with Crippen LogP contribution in [0.5, 0.6) is 5.75 Å². The number of halogens is 1. The summed E-state index contributed by atoms with van der Waals surface area (Å²) in [4.78, 5) is 2.45. The van der Waals surface area contributed by atoms with Gasteiger partial charge in [0.05, 0.1) is 5.60 Å². The summed E-state index contributed by atoms with van der Waals surface area (Å²) in [6.07, 6.45) is 4.79. The van der Waals surface area contributed by atoms with Gasteiger partial charge in [0, 0.05) is 30.2 Å². The molecule has 3 aromatic carbocycles. The number of rotatable bonds is 4. The zero-order chi connectivity index (χ0) is 22.0. The highest BCUT2D eigenvalue weighted by Crippen LogP contribution is 2.37. The number of piperidine rings is 1. The Bertz CT molecular complexity index is 1060. The highest BCUT2D eigenvalue weighted by molar-refractivity contribution is 6.30. The quantitative estimate of drug-likeness (QED) is 0.531. The Morgan fingerprint density at radius 3 is 2.38 bits per heavy atom. The highest BCUT2D eigenvalue weighted by Gasteiger charge is 2.33. The van der Waals surface area contributed by atoms with Crippen LogP contribution in [0.25, 0.3) is 5.57 Å². The number of aliphatic hydroxyl groups is 1. The van der Waals surface area contributed by atoms with Crippen LogP contribution in [0.4, 0.5) is 0 Å². The van der Waals surface area contributed by atoms with E-state index < -0.39 is 5.60 Å². The first kappa shape index (κ1) is 21.3. The van der Waals surface area contributed by atoms with Gasteiger partial charge in [0.1, 0.15) is 12.4 Å². The zero-order valence-electron chi connectivity index (χ0n) is 18.1. The third-order valence-electron chi connectivity index (χ3n) is 6.73. The number of hydrogen-bond donors (Lipinski definition) is 1. The van der Waals surface area contributed by atoms with Crippen LogP contribution >= 0.6 is 11.6 Å². The molecule has 3 aromatic rings. The topological polar surface area (TPSA) is 32.7 Å². The fourth-order valence-electron chi connectivity index (χ4n) is 4.83. The van der Waals surface area contributed by atoms with Gasteiger partial charge in [-0.15, -0.1) is 0 Å². The smallest absolute Gasteiger partial charge is 0.127 e. The Hall–Kier alpha value is -2.59. The summed E-state index contributed by atoms with van der Waals surface area (Å²) >= 11 is 6.01. The summed E-state index contributed by atoms with van der Waals surface area (Å²) in [6.45, 7) is 3.35. The van der Waals surface area contributed by atoms with Crippen molar-refractivity contribution in [1.82, 2.24) is 4.90 Å². The van der Waals surface area contributed by atoms with Crippen LogP contribution in [0.15, 0.2) is 78.9 Å². The molecule has 1 fully saturated rings. The van der Waals surface area contributed by atoms with Gasteiger partial charge >= 0.3 is 0 Å². The lowest BCUT2D eigenvalue weighted by Crippen LogP contribution is -2.42. The van der Waals surface area contributed by atoms with Crippen molar-refractivity contribution in [1.29, 1.82) is 0 Å². The van der Waals surface area contributed by atoms with Gasteiger partial charge in [-0.05, 0) is 59.7 Å². The first-order valence-corrected chi connectivity index (χ1v) is 11.7. The maximum atomic E-state index is 11.1. The molecule has 0 amide bonds. The summed E-state index contributed by atoms with van der Waals surface area (Å²) in [5, 5.41) is 11.8. The van der Waals surface area contributed by atoms with Crippen molar-refractivity contribution < 1.29 is 9.84 Å². The fourth-order valence-corrected chi connectivity index (χ4v) is 4.96. The first-order chi connectivity index (χ1) is 15.6. The number of para-hydroxylation sites is 1. The Morgan fingerprint density at radius 2 is 1.59 bits per heavy atom. The second-order valence-corrected chi connectivity index (χ2v) is 9.17. The molecule has 164 valence electrons. The molecule has 0 saturated carbocycles. The van der Waals surface area contributed by atoms with Gasteiger partial charge in [0.2, 0.25) is 0 Å². The van der Waals surface area contributed by atoms with Crippen molar-refractivity contribution in [2.75, 3.05) is 19.6 Å². The third-order valence-corrected chi connectivity index (χ3v) is 6.98. The summed E-state index contributed by atoms with van der Waals surface area (Å²) in [5.41, 5.74) is 5.11. The summed E-state index contributed by atoms with van der Waals surface area (Å²) in [7, 11) is 0. The maximum Gasteiger partial charge on any atom is 0.127 e. The van der Waals surface area contributed by atoms with E-state index in [1.807, 2.05) is 30.3 Å². The molecule has 5 rings (SSSR count). The Labute approximate surface area is 194 Å². The number of ether oxygens (including phenoxy) is 1. The molecule has 2 aliphatic rings. The molecule has 2 heterocycles. The lowest BCUT2D eigenvalue weighted by Gasteiger charge is -2.38. The molecule has 32 heavy (non-hydrogen) atoms. The molecular formula is C28H28ClNO2. The van der Waals surface area contributed by atoms with E-state index in [4.69, 9.17) is 16.3 Å². The van der Waals surface area contributed by atoms with Gasteiger partial charge in [-0.25, -0.2) is 0 Å². The molecule has 0 aliphatic carbocycles. The Kier molecular flexibility index (Phi) is 6.05. The van der Waals surface area contributed by atoms with E-state index >= 15 is 0 Å². The molecular weight excluding hydrogens is 418 g/mol. The lowest BCUT2D eigenvalue weighted by atomic mass is 9.84.